The molecule has 1 aliphatic rings. The van der Waals surface area contributed by atoms with Gasteiger partial charge in [0.05, 0.1) is 18.4 Å². The van der Waals surface area contributed by atoms with Gasteiger partial charge >= 0.3 is 5.97 Å². The molecule has 3 rings (SSSR count). The fourth-order valence-electron chi connectivity index (χ4n) is 2.04. The fraction of sp³-hybridized carbons (Fsp3) is 0.125. The number of ether oxygens (including phenoxy) is 3. The normalized spacial score (nSPS) is 12.7. The zero-order chi connectivity index (χ0) is 15.5. The number of carbonyl (C=O) groups is 2. The predicted octanol–water partition coefficient (Wildman–Crippen LogP) is 2.25. The standard InChI is InChI=1S/C16H13NO5/c1-20-11-4-2-3-10(7-11)16(19)22-12-5-6-14-13(8-12)17-15(18)9-21-14/h2-8H,9H2,1H3,(H,17,18). The van der Waals surface area contributed by atoms with Gasteiger partial charge < -0.3 is 19.5 Å². The Balaban J connectivity index is 1.79. The Bertz CT molecular complexity index is 741. The molecule has 0 aliphatic carbocycles. The van der Waals surface area contributed by atoms with E-state index in [9.17, 15) is 9.59 Å². The van der Waals surface area contributed by atoms with Crippen molar-refractivity contribution >= 4 is 17.6 Å². The van der Waals surface area contributed by atoms with Gasteiger partial charge in [-0.1, -0.05) is 6.07 Å². The third kappa shape index (κ3) is 2.85. The van der Waals surface area contributed by atoms with Crippen molar-refractivity contribution in [3.63, 3.8) is 0 Å². The molecule has 0 fully saturated rings. The molecule has 0 atom stereocenters. The van der Waals surface area contributed by atoms with Crippen molar-refractivity contribution in [2.75, 3.05) is 19.0 Å². The molecule has 112 valence electrons. The lowest BCUT2D eigenvalue weighted by Crippen LogP contribution is -2.25. The SMILES string of the molecule is COc1cccc(C(=O)Oc2ccc3c(c2)NC(=O)CO3)c1. The van der Waals surface area contributed by atoms with Gasteiger partial charge in [0.1, 0.15) is 17.2 Å². The maximum absolute atomic E-state index is 12.1. The zero-order valence-electron chi connectivity index (χ0n) is 11.8. The zero-order valence-corrected chi connectivity index (χ0v) is 11.8. The van der Waals surface area contributed by atoms with E-state index in [1.807, 2.05) is 0 Å². The van der Waals surface area contributed by atoms with Crippen molar-refractivity contribution in [1.29, 1.82) is 0 Å². The van der Waals surface area contributed by atoms with E-state index >= 15 is 0 Å². The molecule has 0 saturated heterocycles. The third-order valence-corrected chi connectivity index (χ3v) is 3.10. The molecule has 2 aromatic rings. The van der Waals surface area contributed by atoms with Crippen LogP contribution in [0.3, 0.4) is 0 Å². The molecular formula is C16H13NO5. The second-order valence-electron chi connectivity index (χ2n) is 4.62. The molecule has 6 nitrogen and oxygen atoms in total. The molecule has 1 heterocycles. The first-order chi connectivity index (χ1) is 10.7. The summed E-state index contributed by atoms with van der Waals surface area (Å²) in [5.41, 5.74) is 0.851. The van der Waals surface area contributed by atoms with E-state index in [1.165, 1.54) is 7.11 Å². The van der Waals surface area contributed by atoms with E-state index in [0.29, 0.717) is 28.5 Å². The molecule has 2 aromatic carbocycles. The average Bonchev–Trinajstić information content (AvgIpc) is 2.54. The van der Waals surface area contributed by atoms with Gasteiger partial charge in [-0.15, -0.1) is 0 Å². The number of anilines is 1. The summed E-state index contributed by atoms with van der Waals surface area (Å²) >= 11 is 0. The van der Waals surface area contributed by atoms with Crippen molar-refractivity contribution in [1.82, 2.24) is 0 Å². The Morgan fingerprint density at radius 1 is 1.18 bits per heavy atom. The van der Waals surface area contributed by atoms with Crippen molar-refractivity contribution < 1.29 is 23.8 Å². The molecule has 0 saturated carbocycles. The molecule has 6 heteroatoms. The summed E-state index contributed by atoms with van der Waals surface area (Å²) in [7, 11) is 1.52. The number of hydrogen-bond donors (Lipinski definition) is 1. The summed E-state index contributed by atoms with van der Waals surface area (Å²) in [6.45, 7) is -0.0179. The average molecular weight is 299 g/mol. The number of amides is 1. The number of esters is 1. The number of methoxy groups -OCH3 is 1. The monoisotopic (exact) mass is 299 g/mol. The lowest BCUT2D eigenvalue weighted by molar-refractivity contribution is -0.118. The molecule has 1 aliphatic heterocycles. The highest BCUT2D eigenvalue weighted by molar-refractivity contribution is 5.96. The minimum atomic E-state index is -0.512. The van der Waals surface area contributed by atoms with Crippen LogP contribution in [0.4, 0.5) is 5.69 Å². The Labute approximate surface area is 126 Å². The van der Waals surface area contributed by atoms with E-state index < -0.39 is 5.97 Å². The number of fused-ring (bicyclic) bond motifs is 1. The lowest BCUT2D eigenvalue weighted by Gasteiger charge is -2.18. The van der Waals surface area contributed by atoms with Crippen LogP contribution >= 0.6 is 0 Å². The molecule has 0 spiro atoms. The Morgan fingerprint density at radius 2 is 2.05 bits per heavy atom. The van der Waals surface area contributed by atoms with Crippen molar-refractivity contribution in [2.45, 2.75) is 0 Å². The third-order valence-electron chi connectivity index (χ3n) is 3.10. The molecule has 1 N–H and O–H groups in total. The first-order valence-corrected chi connectivity index (χ1v) is 6.58. The van der Waals surface area contributed by atoms with E-state index in [1.54, 1.807) is 42.5 Å². The van der Waals surface area contributed by atoms with Crippen LogP contribution in [0.25, 0.3) is 0 Å². The van der Waals surface area contributed by atoms with Crippen LogP contribution in [0.5, 0.6) is 17.2 Å². The number of benzene rings is 2. The summed E-state index contributed by atoms with van der Waals surface area (Å²) in [5, 5.41) is 2.66. The van der Waals surface area contributed by atoms with E-state index in [-0.39, 0.29) is 12.5 Å². The van der Waals surface area contributed by atoms with Gasteiger partial charge in [0.25, 0.3) is 5.91 Å². The lowest BCUT2D eigenvalue weighted by atomic mass is 10.2. The van der Waals surface area contributed by atoms with Crippen molar-refractivity contribution in [3.8, 4) is 17.2 Å². The highest BCUT2D eigenvalue weighted by Gasteiger charge is 2.17. The molecule has 22 heavy (non-hydrogen) atoms. The van der Waals surface area contributed by atoms with Crippen molar-refractivity contribution in [3.05, 3.63) is 48.0 Å². The fourth-order valence-corrected chi connectivity index (χ4v) is 2.04. The van der Waals surface area contributed by atoms with Gasteiger partial charge in [0, 0.05) is 6.07 Å². The largest absolute Gasteiger partial charge is 0.497 e. The van der Waals surface area contributed by atoms with Gasteiger partial charge in [-0.25, -0.2) is 4.79 Å². The number of hydrogen-bond acceptors (Lipinski definition) is 5. The first kappa shape index (κ1) is 13.9. The van der Waals surface area contributed by atoms with Crippen LogP contribution in [-0.4, -0.2) is 25.6 Å². The molecule has 0 radical (unpaired) electrons. The summed E-state index contributed by atoms with van der Waals surface area (Å²) in [5.74, 6) is 0.671. The van der Waals surface area contributed by atoms with Crippen LogP contribution in [0.2, 0.25) is 0 Å². The van der Waals surface area contributed by atoms with Gasteiger partial charge in [0.2, 0.25) is 0 Å². The summed E-state index contributed by atoms with van der Waals surface area (Å²) in [6.07, 6.45) is 0. The second kappa shape index (κ2) is 5.77. The summed E-state index contributed by atoms with van der Waals surface area (Å²) in [6, 6.07) is 11.5. The Kier molecular flexibility index (Phi) is 3.65. The quantitative estimate of drug-likeness (QED) is 0.695. The van der Waals surface area contributed by atoms with Crippen LogP contribution in [0, 0.1) is 0 Å². The topological polar surface area (TPSA) is 73.9 Å². The number of carbonyl (C=O) groups excluding carboxylic acids is 2. The smallest absolute Gasteiger partial charge is 0.343 e. The number of rotatable bonds is 3. The van der Waals surface area contributed by atoms with E-state index in [2.05, 4.69) is 5.32 Å². The molecule has 0 unspecified atom stereocenters. The van der Waals surface area contributed by atoms with Crippen LogP contribution in [-0.2, 0) is 4.79 Å². The van der Waals surface area contributed by atoms with Gasteiger partial charge in [-0.2, -0.15) is 0 Å². The minimum Gasteiger partial charge on any atom is -0.497 e. The first-order valence-electron chi connectivity index (χ1n) is 6.58. The molecule has 0 aromatic heterocycles. The summed E-state index contributed by atoms with van der Waals surface area (Å²) in [4.78, 5) is 23.4. The minimum absolute atomic E-state index is 0.0179. The predicted molar refractivity (Wildman–Crippen MR) is 78.5 cm³/mol. The summed E-state index contributed by atoms with van der Waals surface area (Å²) < 4.78 is 15.6. The van der Waals surface area contributed by atoms with Gasteiger partial charge in [-0.3, -0.25) is 4.79 Å². The van der Waals surface area contributed by atoms with E-state index in [4.69, 9.17) is 14.2 Å². The Hall–Kier alpha value is -3.02. The Morgan fingerprint density at radius 3 is 2.86 bits per heavy atom. The van der Waals surface area contributed by atoms with Crippen LogP contribution in [0.15, 0.2) is 42.5 Å². The van der Waals surface area contributed by atoms with E-state index in [0.717, 1.165) is 0 Å². The molecule has 0 bridgehead atoms. The molecular weight excluding hydrogens is 286 g/mol. The van der Waals surface area contributed by atoms with Crippen LogP contribution < -0.4 is 19.5 Å². The number of nitrogens with one attached hydrogen (secondary N) is 1. The maximum Gasteiger partial charge on any atom is 0.343 e. The van der Waals surface area contributed by atoms with Gasteiger partial charge in [0.15, 0.2) is 6.61 Å². The van der Waals surface area contributed by atoms with Crippen molar-refractivity contribution in [2.24, 2.45) is 0 Å². The maximum atomic E-state index is 12.1. The van der Waals surface area contributed by atoms with Crippen LogP contribution in [0.1, 0.15) is 10.4 Å². The highest BCUT2D eigenvalue weighted by Crippen LogP contribution is 2.31. The van der Waals surface area contributed by atoms with Gasteiger partial charge in [-0.05, 0) is 30.3 Å². The highest BCUT2D eigenvalue weighted by atomic mass is 16.5. The second-order valence-corrected chi connectivity index (χ2v) is 4.62. The molecule has 1 amide bonds.